The van der Waals surface area contributed by atoms with E-state index in [-0.39, 0.29) is 49.6 Å². The number of rotatable bonds is 9. The summed E-state index contributed by atoms with van der Waals surface area (Å²) in [6.07, 6.45) is 3.04. The van der Waals surface area contributed by atoms with Crippen LogP contribution in [0, 0.1) is 5.82 Å². The third kappa shape index (κ3) is 6.51. The molecule has 6 heterocycles. The van der Waals surface area contributed by atoms with E-state index < -0.39 is 46.4 Å². The third-order valence-corrected chi connectivity index (χ3v) is 11.7. The minimum Gasteiger partial charge on any atom is -0.387 e. The molecule has 2 unspecified atom stereocenters. The number of halogens is 4. The highest BCUT2D eigenvalue weighted by Crippen LogP contribution is 2.46. The fraction of sp³-hybridized carbons (Fsp3) is 0.355. The number of aromatic nitrogens is 4. The van der Waals surface area contributed by atoms with E-state index in [1.807, 2.05) is 0 Å². The molecule has 12 nitrogen and oxygen atoms in total. The molecule has 1 aromatic carbocycles. The number of thiazole rings is 1. The van der Waals surface area contributed by atoms with Gasteiger partial charge in [-0.05, 0) is 43.2 Å². The molecule has 3 aromatic heterocycles. The topological polar surface area (TPSA) is 149 Å². The van der Waals surface area contributed by atoms with Crippen molar-refractivity contribution in [1.82, 2.24) is 33.7 Å². The molecule has 258 valence electrons. The standard InChI is InChI=1S/C31H30ClF3N8O4S2/c32-21-15-18(33)4-5-20(21)26-25(22-6-11-43(39-22)30(34)35)24-16-19(17-42(24)28(38-26)29-37-10-14-48-29)40-49(46,47)41-12-7-31(45,8-13-41)27(44)23-3-1-2-9-36-23/h1-6,9-11,14-15,19,26-27,30,40,44-45H,7-8,12-13,16-17H2/t19?,26-,27?/m0/s1. The van der Waals surface area contributed by atoms with Gasteiger partial charge in [-0.15, -0.1) is 11.3 Å². The molecule has 2 fully saturated rings. The molecule has 0 bridgehead atoms. The van der Waals surface area contributed by atoms with Crippen LogP contribution in [0.2, 0.25) is 5.02 Å². The van der Waals surface area contributed by atoms with Crippen molar-refractivity contribution in [3.8, 4) is 0 Å². The van der Waals surface area contributed by atoms with Gasteiger partial charge in [-0.25, -0.2) is 14.1 Å². The van der Waals surface area contributed by atoms with Crippen molar-refractivity contribution < 1.29 is 31.8 Å². The summed E-state index contributed by atoms with van der Waals surface area (Å²) in [5, 5.41) is 28.5. The summed E-state index contributed by atoms with van der Waals surface area (Å²) < 4.78 is 73.4. The van der Waals surface area contributed by atoms with Crippen LogP contribution in [0.1, 0.15) is 59.9 Å². The van der Waals surface area contributed by atoms with E-state index in [1.165, 1.54) is 40.0 Å². The Morgan fingerprint density at radius 3 is 2.55 bits per heavy atom. The molecule has 3 N–H and O–H groups in total. The Kier molecular flexibility index (Phi) is 9.10. The molecule has 0 saturated carbocycles. The number of hydrogen-bond donors (Lipinski definition) is 3. The summed E-state index contributed by atoms with van der Waals surface area (Å²) in [6.45, 7) is -2.88. The Morgan fingerprint density at radius 2 is 1.90 bits per heavy atom. The molecule has 18 heteroatoms. The van der Waals surface area contributed by atoms with Crippen molar-refractivity contribution in [3.63, 3.8) is 0 Å². The Balaban J connectivity index is 1.20. The van der Waals surface area contributed by atoms with Crippen LogP contribution in [0.5, 0.6) is 0 Å². The SMILES string of the molecule is O=S(=O)(NC1CC2=C(c3ccn(C(F)F)n3)[C@H](c3ccc(F)cc3Cl)N=C(c3nccs3)N2C1)N1CCC(O)(C(O)c2ccccn2)CC1. The number of pyridine rings is 1. The molecule has 2 saturated heterocycles. The van der Waals surface area contributed by atoms with Gasteiger partial charge in [0.15, 0.2) is 10.8 Å². The predicted molar refractivity (Wildman–Crippen MR) is 175 cm³/mol. The lowest BCUT2D eigenvalue weighted by molar-refractivity contribution is -0.105. The van der Waals surface area contributed by atoms with E-state index in [2.05, 4.69) is 19.8 Å². The van der Waals surface area contributed by atoms with Gasteiger partial charge < -0.3 is 15.1 Å². The number of piperidine rings is 1. The Hall–Kier alpha value is -3.71. The fourth-order valence-electron chi connectivity index (χ4n) is 6.52. The van der Waals surface area contributed by atoms with Crippen LogP contribution in [-0.2, 0) is 10.2 Å². The number of aliphatic hydroxyl groups is 2. The largest absolute Gasteiger partial charge is 0.387 e. The zero-order chi connectivity index (χ0) is 34.5. The molecular formula is C31H30ClF3N8O4S2. The maximum atomic E-state index is 14.1. The molecule has 3 atom stereocenters. The van der Waals surface area contributed by atoms with Gasteiger partial charge in [-0.3, -0.25) is 9.98 Å². The van der Waals surface area contributed by atoms with Crippen LogP contribution in [0.4, 0.5) is 13.2 Å². The monoisotopic (exact) mass is 734 g/mol. The summed E-state index contributed by atoms with van der Waals surface area (Å²) in [4.78, 5) is 15.3. The second kappa shape index (κ2) is 13.2. The number of hydrogen-bond acceptors (Lipinski definition) is 10. The van der Waals surface area contributed by atoms with Gasteiger partial charge in [0, 0.05) is 77.9 Å². The van der Waals surface area contributed by atoms with Crippen molar-refractivity contribution in [2.24, 2.45) is 4.99 Å². The van der Waals surface area contributed by atoms with Gasteiger partial charge >= 0.3 is 6.55 Å². The first-order chi connectivity index (χ1) is 23.4. The number of aliphatic hydroxyl groups excluding tert-OH is 1. The number of aliphatic imine (C=N–C) groups is 1. The number of fused-ring (bicyclic) bond motifs is 1. The van der Waals surface area contributed by atoms with Crippen LogP contribution >= 0.6 is 22.9 Å². The molecular weight excluding hydrogens is 705 g/mol. The van der Waals surface area contributed by atoms with E-state index in [4.69, 9.17) is 16.6 Å². The van der Waals surface area contributed by atoms with Crippen molar-refractivity contribution in [3.05, 3.63) is 105 Å². The van der Waals surface area contributed by atoms with E-state index >= 15 is 0 Å². The first kappa shape index (κ1) is 33.8. The Morgan fingerprint density at radius 1 is 1.10 bits per heavy atom. The van der Waals surface area contributed by atoms with Gasteiger partial charge in [0.25, 0.3) is 10.2 Å². The normalized spacial score (nSPS) is 22.0. The van der Waals surface area contributed by atoms with Crippen LogP contribution in [0.25, 0.3) is 5.57 Å². The van der Waals surface area contributed by atoms with E-state index in [0.29, 0.717) is 38.1 Å². The van der Waals surface area contributed by atoms with Gasteiger partial charge in [0.05, 0.1) is 17.0 Å². The van der Waals surface area contributed by atoms with E-state index in [9.17, 15) is 31.8 Å². The summed E-state index contributed by atoms with van der Waals surface area (Å²) in [7, 11) is -4.10. The van der Waals surface area contributed by atoms with Crippen molar-refractivity contribution in [2.45, 2.75) is 49.6 Å². The zero-order valence-electron chi connectivity index (χ0n) is 25.6. The number of benzene rings is 1. The highest BCUT2D eigenvalue weighted by Gasteiger charge is 2.45. The van der Waals surface area contributed by atoms with Crippen molar-refractivity contribution in [2.75, 3.05) is 19.6 Å². The minimum absolute atomic E-state index is 0.0223. The summed E-state index contributed by atoms with van der Waals surface area (Å²) in [5.74, 6) is -0.148. The van der Waals surface area contributed by atoms with Gasteiger partial charge in [-0.1, -0.05) is 23.7 Å². The maximum absolute atomic E-state index is 14.1. The van der Waals surface area contributed by atoms with Crippen LogP contribution in [0.15, 0.2) is 77.1 Å². The van der Waals surface area contributed by atoms with Crippen LogP contribution in [0.3, 0.4) is 0 Å². The van der Waals surface area contributed by atoms with Crippen molar-refractivity contribution >= 4 is 44.6 Å². The molecule has 0 radical (unpaired) electrons. The van der Waals surface area contributed by atoms with Crippen molar-refractivity contribution in [1.29, 1.82) is 0 Å². The summed E-state index contributed by atoms with van der Waals surface area (Å²) in [5.41, 5.74) is 0.306. The molecule has 49 heavy (non-hydrogen) atoms. The molecule has 0 aliphatic carbocycles. The average Bonchev–Trinajstić information content (AvgIpc) is 3.86. The van der Waals surface area contributed by atoms with Gasteiger partial charge in [0.2, 0.25) is 0 Å². The predicted octanol–water partition coefficient (Wildman–Crippen LogP) is 4.30. The lowest BCUT2D eigenvalue weighted by atomic mass is 9.85. The summed E-state index contributed by atoms with van der Waals surface area (Å²) in [6, 6.07) is 8.65. The van der Waals surface area contributed by atoms with E-state index in [1.54, 1.807) is 34.7 Å². The lowest BCUT2D eigenvalue weighted by Crippen LogP contribution is -2.54. The van der Waals surface area contributed by atoms with Crippen LogP contribution < -0.4 is 4.72 Å². The third-order valence-electron chi connectivity index (χ3n) is 8.95. The molecule has 4 aromatic rings. The smallest absolute Gasteiger partial charge is 0.333 e. The number of amidine groups is 1. The number of alkyl halides is 2. The Labute approximate surface area is 288 Å². The van der Waals surface area contributed by atoms with Gasteiger partial charge in [-0.2, -0.15) is 31.3 Å². The average molecular weight is 735 g/mol. The summed E-state index contributed by atoms with van der Waals surface area (Å²) >= 11 is 7.84. The molecule has 3 aliphatic rings. The lowest BCUT2D eigenvalue weighted by Gasteiger charge is -2.40. The number of nitrogens with one attached hydrogen (secondary N) is 1. The minimum atomic E-state index is -4.10. The van der Waals surface area contributed by atoms with Gasteiger partial charge in [0.1, 0.15) is 18.0 Å². The van der Waals surface area contributed by atoms with Crippen LogP contribution in [-0.4, -0.2) is 84.7 Å². The molecule has 0 spiro atoms. The second-order valence-electron chi connectivity index (χ2n) is 12.0. The molecule has 0 amide bonds. The quantitative estimate of drug-likeness (QED) is 0.231. The fourth-order valence-corrected chi connectivity index (χ4v) is 8.82. The maximum Gasteiger partial charge on any atom is 0.333 e. The van der Waals surface area contributed by atoms with E-state index in [0.717, 1.165) is 12.3 Å². The second-order valence-corrected chi connectivity index (χ2v) is 15.0. The first-order valence-corrected chi connectivity index (χ1v) is 18.0. The Bertz CT molecular complexity index is 2010. The first-order valence-electron chi connectivity index (χ1n) is 15.3. The highest BCUT2D eigenvalue weighted by molar-refractivity contribution is 7.87. The number of nitrogens with zero attached hydrogens (tertiary/aromatic N) is 7. The highest BCUT2D eigenvalue weighted by atomic mass is 35.5. The zero-order valence-corrected chi connectivity index (χ0v) is 28.0. The molecule has 3 aliphatic heterocycles. The molecule has 7 rings (SSSR count).